The van der Waals surface area contributed by atoms with Gasteiger partial charge in [0.25, 0.3) is 5.91 Å². The van der Waals surface area contributed by atoms with Crippen molar-refractivity contribution in [2.75, 3.05) is 23.5 Å². The Hall–Kier alpha value is -4.37. The fourth-order valence-electron chi connectivity index (χ4n) is 3.80. The zero-order valence-corrected chi connectivity index (χ0v) is 22.3. The van der Waals surface area contributed by atoms with Gasteiger partial charge in [0.05, 0.1) is 18.6 Å². The Morgan fingerprint density at radius 1 is 1.00 bits per heavy atom. The van der Waals surface area contributed by atoms with Crippen LogP contribution in [-0.2, 0) is 11.3 Å². The number of hydrogen-bond donors (Lipinski definition) is 2. The molecule has 0 aliphatic carbocycles. The fraction of sp³-hybridized carbons (Fsp3) is 0.172. The molecule has 0 aliphatic heterocycles. The van der Waals surface area contributed by atoms with E-state index >= 15 is 0 Å². The van der Waals surface area contributed by atoms with Crippen molar-refractivity contribution in [1.29, 1.82) is 0 Å². The summed E-state index contributed by atoms with van der Waals surface area (Å²) in [5.74, 6) is 0.834. The Morgan fingerprint density at radius 2 is 1.74 bits per heavy atom. The Balaban J connectivity index is 1.45. The normalized spacial score (nSPS) is 10.6. The van der Waals surface area contributed by atoms with Gasteiger partial charge in [0.1, 0.15) is 5.75 Å². The van der Waals surface area contributed by atoms with Crippen molar-refractivity contribution in [2.45, 2.75) is 25.5 Å². The van der Waals surface area contributed by atoms with Gasteiger partial charge in [-0.15, -0.1) is 16.8 Å². The second kappa shape index (κ2) is 12.2. The van der Waals surface area contributed by atoms with Crippen molar-refractivity contribution >= 4 is 35.0 Å². The number of aromatic nitrogens is 3. The molecule has 2 amide bonds. The third-order valence-corrected chi connectivity index (χ3v) is 6.74. The Morgan fingerprint density at radius 3 is 2.42 bits per heavy atom. The van der Waals surface area contributed by atoms with Crippen LogP contribution in [0.1, 0.15) is 21.5 Å². The third kappa shape index (κ3) is 6.30. The van der Waals surface area contributed by atoms with E-state index in [-0.39, 0.29) is 17.6 Å². The summed E-state index contributed by atoms with van der Waals surface area (Å²) in [6.07, 6.45) is 1.77. The highest BCUT2D eigenvalue weighted by atomic mass is 32.2. The average Bonchev–Trinajstić information content (AvgIpc) is 3.32. The molecule has 1 aromatic heterocycles. The van der Waals surface area contributed by atoms with E-state index in [9.17, 15) is 9.59 Å². The van der Waals surface area contributed by atoms with E-state index in [2.05, 4.69) is 27.4 Å². The van der Waals surface area contributed by atoms with Crippen molar-refractivity contribution in [3.63, 3.8) is 0 Å². The number of methoxy groups -OCH3 is 1. The number of carbonyl (C=O) groups excluding carboxylic acids is 2. The Labute approximate surface area is 226 Å². The highest BCUT2D eigenvalue weighted by molar-refractivity contribution is 7.99. The number of rotatable bonds is 10. The van der Waals surface area contributed by atoms with E-state index in [0.717, 1.165) is 22.5 Å². The van der Waals surface area contributed by atoms with Crippen molar-refractivity contribution in [3.8, 4) is 17.1 Å². The molecule has 0 bridgehead atoms. The maximum atomic E-state index is 12.9. The smallest absolute Gasteiger partial charge is 0.255 e. The summed E-state index contributed by atoms with van der Waals surface area (Å²) in [6, 6.07) is 20.5. The molecule has 38 heavy (non-hydrogen) atoms. The van der Waals surface area contributed by atoms with E-state index in [1.807, 2.05) is 60.9 Å². The van der Waals surface area contributed by atoms with Gasteiger partial charge >= 0.3 is 0 Å². The Bertz CT molecular complexity index is 1450. The van der Waals surface area contributed by atoms with Crippen molar-refractivity contribution in [3.05, 3.63) is 96.1 Å². The molecule has 9 heteroatoms. The van der Waals surface area contributed by atoms with Gasteiger partial charge in [0, 0.05) is 29.4 Å². The molecule has 0 saturated heterocycles. The van der Waals surface area contributed by atoms with E-state index in [0.29, 0.717) is 34.4 Å². The van der Waals surface area contributed by atoms with Crippen LogP contribution in [0.25, 0.3) is 11.4 Å². The van der Waals surface area contributed by atoms with Crippen LogP contribution in [0.3, 0.4) is 0 Å². The molecule has 1 heterocycles. The minimum atomic E-state index is -0.224. The second-order valence-corrected chi connectivity index (χ2v) is 9.54. The van der Waals surface area contributed by atoms with Crippen molar-refractivity contribution in [1.82, 2.24) is 14.8 Å². The maximum Gasteiger partial charge on any atom is 0.255 e. The number of carbonyl (C=O) groups is 2. The SMILES string of the molecule is C=CCn1c(SCC(=O)Nc2cc(C)c(NC(=O)c3ccccc3)cc2OC)nnc1-c1ccc(C)cc1. The predicted octanol–water partition coefficient (Wildman–Crippen LogP) is 5.74. The van der Waals surface area contributed by atoms with Crippen LogP contribution in [0, 0.1) is 13.8 Å². The van der Waals surface area contributed by atoms with Crippen LogP contribution in [-0.4, -0.2) is 39.4 Å². The largest absolute Gasteiger partial charge is 0.494 e. The molecule has 194 valence electrons. The lowest BCUT2D eigenvalue weighted by atomic mass is 10.1. The molecular weight excluding hydrogens is 498 g/mol. The molecular formula is C29H29N5O3S. The summed E-state index contributed by atoms with van der Waals surface area (Å²) in [6.45, 7) is 8.24. The number of ether oxygens (including phenoxy) is 1. The first-order valence-corrected chi connectivity index (χ1v) is 13.0. The first-order chi connectivity index (χ1) is 18.4. The Kier molecular flexibility index (Phi) is 8.60. The molecule has 3 aromatic carbocycles. The van der Waals surface area contributed by atoms with Crippen molar-refractivity contribution < 1.29 is 14.3 Å². The lowest BCUT2D eigenvalue weighted by molar-refractivity contribution is -0.113. The topological polar surface area (TPSA) is 98.1 Å². The molecule has 0 aliphatic rings. The summed E-state index contributed by atoms with van der Waals surface area (Å²) >= 11 is 1.29. The molecule has 0 spiro atoms. The zero-order valence-electron chi connectivity index (χ0n) is 21.5. The third-order valence-electron chi connectivity index (χ3n) is 5.78. The second-order valence-electron chi connectivity index (χ2n) is 8.60. The number of nitrogens with one attached hydrogen (secondary N) is 2. The molecule has 0 radical (unpaired) electrons. The summed E-state index contributed by atoms with van der Waals surface area (Å²) in [5.41, 5.74) is 4.56. The standard InChI is InChI=1S/C29H29N5O3S/c1-5-15-34-27(21-13-11-19(2)12-14-21)32-33-29(34)38-18-26(35)30-24-16-20(3)23(17-25(24)37-4)31-28(36)22-9-7-6-8-10-22/h5-14,16-17H,1,15,18H2,2-4H3,(H,30,35)(H,31,36). The van der Waals surface area contributed by atoms with Crippen LogP contribution in [0.15, 0.2) is 84.5 Å². The summed E-state index contributed by atoms with van der Waals surface area (Å²) in [4.78, 5) is 25.4. The lowest BCUT2D eigenvalue weighted by Gasteiger charge is -2.15. The van der Waals surface area contributed by atoms with Crippen LogP contribution in [0.2, 0.25) is 0 Å². The first kappa shape index (κ1) is 26.7. The number of amides is 2. The highest BCUT2D eigenvalue weighted by Crippen LogP contribution is 2.32. The van der Waals surface area contributed by atoms with Gasteiger partial charge in [-0.25, -0.2) is 0 Å². The van der Waals surface area contributed by atoms with Crippen LogP contribution >= 0.6 is 11.8 Å². The number of anilines is 2. The van der Waals surface area contributed by atoms with Crippen LogP contribution < -0.4 is 15.4 Å². The van der Waals surface area contributed by atoms with Gasteiger partial charge in [-0.05, 0) is 37.6 Å². The summed E-state index contributed by atoms with van der Waals surface area (Å²) in [7, 11) is 1.52. The summed E-state index contributed by atoms with van der Waals surface area (Å²) in [5, 5.41) is 15.1. The monoisotopic (exact) mass is 527 g/mol. The number of allylic oxidation sites excluding steroid dienone is 1. The lowest BCUT2D eigenvalue weighted by Crippen LogP contribution is -2.16. The molecule has 4 aromatic rings. The van der Waals surface area contributed by atoms with Gasteiger partial charge in [-0.1, -0.05) is 65.9 Å². The minimum Gasteiger partial charge on any atom is -0.494 e. The number of benzene rings is 3. The van der Waals surface area contributed by atoms with Crippen molar-refractivity contribution in [2.24, 2.45) is 0 Å². The van der Waals surface area contributed by atoms with E-state index in [1.165, 1.54) is 18.9 Å². The molecule has 8 nitrogen and oxygen atoms in total. The highest BCUT2D eigenvalue weighted by Gasteiger charge is 2.17. The number of aryl methyl sites for hydroxylation is 2. The van der Waals surface area contributed by atoms with E-state index < -0.39 is 0 Å². The van der Waals surface area contributed by atoms with Gasteiger partial charge in [0.2, 0.25) is 5.91 Å². The van der Waals surface area contributed by atoms with E-state index in [1.54, 1.807) is 30.3 Å². The molecule has 2 N–H and O–H groups in total. The van der Waals surface area contributed by atoms with E-state index in [4.69, 9.17) is 4.74 Å². The first-order valence-electron chi connectivity index (χ1n) is 12.0. The molecule has 0 unspecified atom stereocenters. The van der Waals surface area contributed by atoms with Gasteiger partial charge in [-0.2, -0.15) is 0 Å². The molecule has 0 fully saturated rings. The average molecular weight is 528 g/mol. The van der Waals surface area contributed by atoms with Gasteiger partial charge in [0.15, 0.2) is 11.0 Å². The maximum absolute atomic E-state index is 12.9. The molecule has 0 atom stereocenters. The van der Waals surface area contributed by atoms with Crippen LogP contribution in [0.4, 0.5) is 11.4 Å². The zero-order chi connectivity index (χ0) is 27.1. The number of thioether (sulfide) groups is 1. The number of nitrogens with zero attached hydrogens (tertiary/aromatic N) is 3. The van der Waals surface area contributed by atoms with Gasteiger partial charge in [-0.3, -0.25) is 14.2 Å². The van der Waals surface area contributed by atoms with Crippen LogP contribution in [0.5, 0.6) is 5.75 Å². The molecule has 4 rings (SSSR count). The predicted molar refractivity (Wildman–Crippen MR) is 152 cm³/mol. The fourth-order valence-corrected chi connectivity index (χ4v) is 4.54. The summed E-state index contributed by atoms with van der Waals surface area (Å²) < 4.78 is 7.43. The quantitative estimate of drug-likeness (QED) is 0.202. The van der Waals surface area contributed by atoms with Gasteiger partial charge < -0.3 is 15.4 Å². The molecule has 0 saturated carbocycles. The number of hydrogen-bond acceptors (Lipinski definition) is 6. The minimum absolute atomic E-state index is 0.123.